The molecule has 1 aliphatic rings. The summed E-state index contributed by atoms with van der Waals surface area (Å²) < 4.78 is 0. The summed E-state index contributed by atoms with van der Waals surface area (Å²) in [5, 5.41) is 3.74. The normalized spacial score (nSPS) is 20.6. The fourth-order valence-electron chi connectivity index (χ4n) is 3.37. The molecule has 1 fully saturated rings. The Morgan fingerprint density at radius 1 is 1.11 bits per heavy atom. The van der Waals surface area contributed by atoms with Gasteiger partial charge in [0, 0.05) is 6.04 Å². The molecule has 0 spiro atoms. The van der Waals surface area contributed by atoms with Crippen molar-refractivity contribution in [2.45, 2.75) is 58.4 Å². The van der Waals surface area contributed by atoms with Crippen molar-refractivity contribution in [3.8, 4) is 0 Å². The molecule has 2 rings (SSSR count). The number of rotatable bonds is 5. The highest BCUT2D eigenvalue weighted by atomic mass is 14.9. The molecule has 0 bridgehead atoms. The average Bonchev–Trinajstić information content (AvgIpc) is 2.40. The van der Waals surface area contributed by atoms with Crippen LogP contribution in [0.25, 0.3) is 0 Å². The SMILES string of the molecule is CCNC(Cc1ccccc1)C1(C)CCCCC1. The zero-order valence-corrected chi connectivity index (χ0v) is 11.9. The van der Waals surface area contributed by atoms with Crippen LogP contribution in [0.4, 0.5) is 0 Å². The third-order valence-electron chi connectivity index (χ3n) is 4.57. The zero-order valence-electron chi connectivity index (χ0n) is 11.9. The lowest BCUT2D eigenvalue weighted by Crippen LogP contribution is -2.46. The average molecular weight is 245 g/mol. The molecule has 1 nitrogen and oxygen atoms in total. The Kier molecular flexibility index (Phi) is 4.82. The fourth-order valence-corrected chi connectivity index (χ4v) is 3.37. The van der Waals surface area contributed by atoms with E-state index in [0.717, 1.165) is 6.54 Å². The summed E-state index contributed by atoms with van der Waals surface area (Å²) in [5.41, 5.74) is 1.96. The van der Waals surface area contributed by atoms with Crippen LogP contribution in [-0.2, 0) is 6.42 Å². The maximum absolute atomic E-state index is 3.74. The molecule has 100 valence electrons. The zero-order chi connectivity index (χ0) is 12.8. The van der Waals surface area contributed by atoms with Gasteiger partial charge in [-0.15, -0.1) is 0 Å². The van der Waals surface area contributed by atoms with Gasteiger partial charge in [0.2, 0.25) is 0 Å². The molecule has 1 heteroatoms. The van der Waals surface area contributed by atoms with E-state index in [2.05, 4.69) is 49.5 Å². The Labute approximate surface area is 112 Å². The molecule has 1 N–H and O–H groups in total. The Balaban J connectivity index is 2.07. The van der Waals surface area contributed by atoms with Crippen LogP contribution < -0.4 is 5.32 Å². The molecule has 0 saturated heterocycles. The number of hydrogen-bond acceptors (Lipinski definition) is 1. The third kappa shape index (κ3) is 3.35. The van der Waals surface area contributed by atoms with Gasteiger partial charge in [-0.3, -0.25) is 0 Å². The monoisotopic (exact) mass is 245 g/mol. The lowest BCUT2D eigenvalue weighted by atomic mass is 9.69. The van der Waals surface area contributed by atoms with Crippen LogP contribution in [0.3, 0.4) is 0 Å². The Hall–Kier alpha value is -0.820. The van der Waals surface area contributed by atoms with E-state index in [4.69, 9.17) is 0 Å². The Morgan fingerprint density at radius 3 is 2.39 bits per heavy atom. The van der Waals surface area contributed by atoms with Gasteiger partial charge in [-0.05, 0) is 36.8 Å². The van der Waals surface area contributed by atoms with E-state index in [1.807, 2.05) is 0 Å². The van der Waals surface area contributed by atoms with E-state index in [1.54, 1.807) is 0 Å². The van der Waals surface area contributed by atoms with Gasteiger partial charge in [0.15, 0.2) is 0 Å². The minimum absolute atomic E-state index is 0.490. The smallest absolute Gasteiger partial charge is 0.0161 e. The van der Waals surface area contributed by atoms with Gasteiger partial charge in [0.1, 0.15) is 0 Å². The van der Waals surface area contributed by atoms with E-state index >= 15 is 0 Å². The van der Waals surface area contributed by atoms with Crippen LogP contribution in [-0.4, -0.2) is 12.6 Å². The second-order valence-electron chi connectivity index (χ2n) is 6.01. The summed E-state index contributed by atoms with van der Waals surface area (Å²) in [4.78, 5) is 0. The molecular weight excluding hydrogens is 218 g/mol. The van der Waals surface area contributed by atoms with Crippen molar-refractivity contribution in [1.82, 2.24) is 5.32 Å². The summed E-state index contributed by atoms with van der Waals surface area (Å²) in [6.07, 6.45) is 8.19. The summed E-state index contributed by atoms with van der Waals surface area (Å²) in [6, 6.07) is 11.6. The first-order chi connectivity index (χ1) is 8.74. The topological polar surface area (TPSA) is 12.0 Å². The van der Waals surface area contributed by atoms with Gasteiger partial charge < -0.3 is 5.32 Å². The maximum Gasteiger partial charge on any atom is 0.0161 e. The molecule has 0 aliphatic heterocycles. The quantitative estimate of drug-likeness (QED) is 0.820. The lowest BCUT2D eigenvalue weighted by molar-refractivity contribution is 0.145. The first kappa shape index (κ1) is 13.6. The van der Waals surface area contributed by atoms with Crippen LogP contribution >= 0.6 is 0 Å². The van der Waals surface area contributed by atoms with Crippen LogP contribution in [0, 0.1) is 5.41 Å². The van der Waals surface area contributed by atoms with E-state index in [9.17, 15) is 0 Å². The Morgan fingerprint density at radius 2 is 1.78 bits per heavy atom. The van der Waals surface area contributed by atoms with E-state index < -0.39 is 0 Å². The highest BCUT2D eigenvalue weighted by Gasteiger charge is 2.34. The summed E-state index contributed by atoms with van der Waals surface area (Å²) in [5.74, 6) is 0. The third-order valence-corrected chi connectivity index (χ3v) is 4.57. The maximum atomic E-state index is 3.74. The first-order valence-electron chi connectivity index (χ1n) is 7.52. The molecule has 0 aromatic heterocycles. The van der Waals surface area contributed by atoms with E-state index in [0.29, 0.717) is 11.5 Å². The second kappa shape index (κ2) is 6.38. The van der Waals surface area contributed by atoms with Gasteiger partial charge in [0.25, 0.3) is 0 Å². The van der Waals surface area contributed by atoms with Gasteiger partial charge >= 0.3 is 0 Å². The molecule has 0 amide bonds. The predicted octanol–water partition coefficient (Wildman–Crippen LogP) is 4.18. The standard InChI is InChI=1S/C17H27N/c1-3-18-16(14-15-10-6-4-7-11-15)17(2)12-8-5-9-13-17/h4,6-7,10-11,16,18H,3,5,8-9,12-14H2,1-2H3. The van der Waals surface area contributed by atoms with Crippen molar-refractivity contribution in [1.29, 1.82) is 0 Å². The molecule has 0 heterocycles. The molecular formula is C17H27N. The van der Waals surface area contributed by atoms with Crippen molar-refractivity contribution in [3.05, 3.63) is 35.9 Å². The van der Waals surface area contributed by atoms with Crippen molar-refractivity contribution in [3.63, 3.8) is 0 Å². The highest BCUT2D eigenvalue weighted by Crippen LogP contribution is 2.39. The Bertz CT molecular complexity index is 338. The van der Waals surface area contributed by atoms with Crippen molar-refractivity contribution >= 4 is 0 Å². The van der Waals surface area contributed by atoms with Crippen LogP contribution in [0.1, 0.15) is 51.5 Å². The molecule has 1 aliphatic carbocycles. The molecule has 1 aromatic rings. The van der Waals surface area contributed by atoms with Gasteiger partial charge in [-0.2, -0.15) is 0 Å². The highest BCUT2D eigenvalue weighted by molar-refractivity contribution is 5.17. The van der Waals surface area contributed by atoms with Crippen LogP contribution in [0.2, 0.25) is 0 Å². The van der Waals surface area contributed by atoms with E-state index in [-0.39, 0.29) is 0 Å². The fraction of sp³-hybridized carbons (Fsp3) is 0.647. The molecule has 0 radical (unpaired) electrons. The summed E-state index contributed by atoms with van der Waals surface area (Å²) >= 11 is 0. The number of nitrogens with one attached hydrogen (secondary N) is 1. The van der Waals surface area contributed by atoms with Crippen molar-refractivity contribution in [2.75, 3.05) is 6.54 Å². The predicted molar refractivity (Wildman–Crippen MR) is 78.8 cm³/mol. The van der Waals surface area contributed by atoms with Crippen molar-refractivity contribution in [2.24, 2.45) is 5.41 Å². The molecule has 18 heavy (non-hydrogen) atoms. The molecule has 1 unspecified atom stereocenters. The first-order valence-corrected chi connectivity index (χ1v) is 7.52. The van der Waals surface area contributed by atoms with Crippen LogP contribution in [0.5, 0.6) is 0 Å². The molecule has 1 saturated carbocycles. The summed E-state index contributed by atoms with van der Waals surface area (Å²) in [6.45, 7) is 5.79. The van der Waals surface area contributed by atoms with Gasteiger partial charge in [-0.25, -0.2) is 0 Å². The molecule has 1 atom stereocenters. The number of likely N-dealkylation sites (N-methyl/N-ethyl adjacent to an activating group) is 1. The minimum Gasteiger partial charge on any atom is -0.313 e. The lowest BCUT2D eigenvalue weighted by Gasteiger charge is -2.41. The second-order valence-corrected chi connectivity index (χ2v) is 6.01. The minimum atomic E-state index is 0.490. The van der Waals surface area contributed by atoms with Crippen molar-refractivity contribution < 1.29 is 0 Å². The largest absolute Gasteiger partial charge is 0.313 e. The van der Waals surface area contributed by atoms with Gasteiger partial charge in [0.05, 0.1) is 0 Å². The number of benzene rings is 1. The molecule has 1 aromatic carbocycles. The van der Waals surface area contributed by atoms with E-state index in [1.165, 1.54) is 44.1 Å². The van der Waals surface area contributed by atoms with Gasteiger partial charge in [-0.1, -0.05) is 63.4 Å². The van der Waals surface area contributed by atoms with Crippen LogP contribution in [0.15, 0.2) is 30.3 Å². The summed E-state index contributed by atoms with van der Waals surface area (Å²) in [7, 11) is 0. The number of hydrogen-bond donors (Lipinski definition) is 1.